The van der Waals surface area contributed by atoms with E-state index in [1.165, 1.54) is 0 Å². The molecular formula is C29H22O5. The number of benzene rings is 4. The Morgan fingerprint density at radius 3 is 2.47 bits per heavy atom. The van der Waals surface area contributed by atoms with Crippen molar-refractivity contribution in [1.82, 2.24) is 0 Å². The van der Waals surface area contributed by atoms with Gasteiger partial charge in [-0.2, -0.15) is 0 Å². The van der Waals surface area contributed by atoms with E-state index in [-0.39, 0.29) is 12.6 Å². The van der Waals surface area contributed by atoms with Gasteiger partial charge < -0.3 is 18.9 Å². The second kappa shape index (κ2) is 7.66. The van der Waals surface area contributed by atoms with Crippen molar-refractivity contribution in [2.75, 3.05) is 20.8 Å². The van der Waals surface area contributed by atoms with Crippen molar-refractivity contribution < 1.29 is 23.7 Å². The maximum Gasteiger partial charge on any atom is 0.339 e. The molecule has 0 saturated heterocycles. The maximum atomic E-state index is 12.7. The zero-order valence-corrected chi connectivity index (χ0v) is 18.8. The van der Waals surface area contributed by atoms with Crippen LogP contribution < -0.4 is 14.2 Å². The normalized spacial score (nSPS) is 18.4. The lowest BCUT2D eigenvalue weighted by Crippen LogP contribution is -2.37. The quantitative estimate of drug-likeness (QED) is 0.371. The van der Waals surface area contributed by atoms with Crippen LogP contribution in [0.4, 0.5) is 0 Å². The molecule has 4 aromatic rings. The number of rotatable bonds is 4. The van der Waals surface area contributed by atoms with Gasteiger partial charge in [0.25, 0.3) is 0 Å². The lowest BCUT2D eigenvalue weighted by Gasteiger charge is -2.40. The van der Waals surface area contributed by atoms with Crippen LogP contribution in [0.1, 0.15) is 27.0 Å². The molecule has 0 N–H and O–H groups in total. The first-order chi connectivity index (χ1) is 16.6. The van der Waals surface area contributed by atoms with E-state index in [1.54, 1.807) is 14.2 Å². The van der Waals surface area contributed by atoms with Gasteiger partial charge in [0.2, 0.25) is 0 Å². The van der Waals surface area contributed by atoms with Crippen LogP contribution in [0.15, 0.2) is 84.9 Å². The minimum Gasteiger partial charge on any atom is -0.497 e. The van der Waals surface area contributed by atoms with Gasteiger partial charge in [-0.1, -0.05) is 54.6 Å². The molecule has 168 valence electrons. The molecule has 5 nitrogen and oxygen atoms in total. The fourth-order valence-corrected chi connectivity index (χ4v) is 4.97. The molecule has 34 heavy (non-hydrogen) atoms. The molecule has 1 atom stereocenters. The van der Waals surface area contributed by atoms with E-state index in [9.17, 15) is 4.79 Å². The highest BCUT2D eigenvalue weighted by Gasteiger charge is 2.44. The molecule has 0 fully saturated rings. The molecule has 0 aromatic heterocycles. The van der Waals surface area contributed by atoms with Gasteiger partial charge in [0, 0.05) is 27.6 Å². The van der Waals surface area contributed by atoms with Gasteiger partial charge in [-0.15, -0.1) is 0 Å². The molecule has 2 heterocycles. The molecule has 6 rings (SSSR count). The van der Waals surface area contributed by atoms with Gasteiger partial charge in [0.05, 0.1) is 19.8 Å². The van der Waals surface area contributed by atoms with E-state index in [0.29, 0.717) is 22.8 Å². The van der Waals surface area contributed by atoms with Gasteiger partial charge in [-0.05, 0) is 35.7 Å². The highest BCUT2D eigenvalue weighted by Crippen LogP contribution is 2.52. The van der Waals surface area contributed by atoms with Gasteiger partial charge in [-0.3, -0.25) is 0 Å². The van der Waals surface area contributed by atoms with Crippen molar-refractivity contribution in [2.24, 2.45) is 0 Å². The second-order valence-corrected chi connectivity index (χ2v) is 8.37. The predicted octanol–water partition coefficient (Wildman–Crippen LogP) is 5.75. The van der Waals surface area contributed by atoms with Crippen LogP contribution in [0.3, 0.4) is 0 Å². The van der Waals surface area contributed by atoms with Crippen molar-refractivity contribution in [3.8, 4) is 17.2 Å². The SMILES string of the molecule is COc1ccc2cc3c4c(c2c1)OC(c1ccccc1)(c1ccccc1OC)C=C4COC3=O. The Morgan fingerprint density at radius 1 is 0.882 bits per heavy atom. The van der Waals surface area contributed by atoms with Crippen LogP contribution in [-0.4, -0.2) is 26.8 Å². The summed E-state index contributed by atoms with van der Waals surface area (Å²) in [4.78, 5) is 12.7. The zero-order valence-electron chi connectivity index (χ0n) is 18.8. The van der Waals surface area contributed by atoms with Crippen molar-refractivity contribution in [3.05, 3.63) is 107 Å². The summed E-state index contributed by atoms with van der Waals surface area (Å²) in [5.41, 5.74) is 2.99. The van der Waals surface area contributed by atoms with Crippen LogP contribution in [0.5, 0.6) is 17.2 Å². The van der Waals surface area contributed by atoms with E-state index < -0.39 is 5.60 Å². The molecule has 2 aliphatic heterocycles. The van der Waals surface area contributed by atoms with Gasteiger partial charge >= 0.3 is 5.97 Å². The fourth-order valence-electron chi connectivity index (χ4n) is 4.97. The third-order valence-electron chi connectivity index (χ3n) is 6.55. The number of para-hydroxylation sites is 1. The van der Waals surface area contributed by atoms with Gasteiger partial charge in [0.1, 0.15) is 23.9 Å². The number of hydrogen-bond acceptors (Lipinski definition) is 5. The Hall–Kier alpha value is -4.25. The number of cyclic esters (lactones) is 1. The Morgan fingerprint density at radius 2 is 1.68 bits per heavy atom. The predicted molar refractivity (Wildman–Crippen MR) is 130 cm³/mol. The van der Waals surface area contributed by atoms with E-state index in [1.807, 2.05) is 78.9 Å². The summed E-state index contributed by atoms with van der Waals surface area (Å²) in [7, 11) is 3.29. The smallest absolute Gasteiger partial charge is 0.339 e. The number of hydrogen-bond donors (Lipinski definition) is 0. The standard InChI is InChI=1S/C29H22O5/c1-31-21-13-12-18-14-23-26-19(17-33-28(23)30)16-29(20-8-4-3-5-9-20,34-27(26)22(18)15-21)24-10-6-7-11-25(24)32-2/h3-16H,17H2,1-2H3. The minimum atomic E-state index is -0.991. The third-order valence-corrected chi connectivity index (χ3v) is 6.55. The molecule has 1 unspecified atom stereocenters. The molecule has 0 amide bonds. The number of fused-ring (bicyclic) bond motifs is 2. The molecule has 0 bridgehead atoms. The molecule has 4 aromatic carbocycles. The third kappa shape index (κ3) is 2.90. The van der Waals surface area contributed by atoms with Crippen molar-refractivity contribution in [1.29, 1.82) is 0 Å². The average molecular weight is 450 g/mol. The molecular weight excluding hydrogens is 428 g/mol. The summed E-state index contributed by atoms with van der Waals surface area (Å²) in [6, 6.07) is 25.5. The monoisotopic (exact) mass is 450 g/mol. The minimum absolute atomic E-state index is 0.168. The van der Waals surface area contributed by atoms with Crippen LogP contribution in [0, 0.1) is 0 Å². The summed E-state index contributed by atoms with van der Waals surface area (Å²) in [5, 5.41) is 1.74. The second-order valence-electron chi connectivity index (χ2n) is 8.37. The first-order valence-corrected chi connectivity index (χ1v) is 11.1. The number of ether oxygens (including phenoxy) is 4. The van der Waals surface area contributed by atoms with E-state index in [4.69, 9.17) is 18.9 Å². The lowest BCUT2D eigenvalue weighted by molar-refractivity contribution is 0.0534. The Bertz CT molecular complexity index is 1470. The fraction of sp³-hybridized carbons (Fsp3) is 0.138. The summed E-state index contributed by atoms with van der Waals surface area (Å²) in [5.74, 6) is 1.71. The lowest BCUT2D eigenvalue weighted by atomic mass is 9.79. The molecule has 0 radical (unpaired) electrons. The van der Waals surface area contributed by atoms with Crippen LogP contribution in [-0.2, 0) is 10.3 Å². The number of methoxy groups -OCH3 is 2. The molecule has 0 aliphatic carbocycles. The summed E-state index contributed by atoms with van der Waals surface area (Å²) in [6.45, 7) is 0.168. The highest BCUT2D eigenvalue weighted by molar-refractivity contribution is 6.08. The number of carbonyl (C=O) groups is 1. The average Bonchev–Trinajstić information content (AvgIpc) is 2.90. The largest absolute Gasteiger partial charge is 0.497 e. The summed E-state index contributed by atoms with van der Waals surface area (Å²) < 4.78 is 23.9. The highest BCUT2D eigenvalue weighted by atomic mass is 16.5. The molecule has 2 aliphatic rings. The number of carbonyl (C=O) groups excluding carboxylic acids is 1. The van der Waals surface area contributed by atoms with Crippen molar-refractivity contribution in [2.45, 2.75) is 5.60 Å². The summed E-state index contributed by atoms with van der Waals surface area (Å²) in [6.07, 6.45) is 2.06. The maximum absolute atomic E-state index is 12.7. The van der Waals surface area contributed by atoms with Crippen LogP contribution in [0.25, 0.3) is 16.3 Å². The van der Waals surface area contributed by atoms with Gasteiger partial charge in [-0.25, -0.2) is 4.79 Å². The van der Waals surface area contributed by atoms with E-state index in [0.717, 1.165) is 33.0 Å². The number of esters is 1. The first-order valence-electron chi connectivity index (χ1n) is 11.1. The topological polar surface area (TPSA) is 54.0 Å². The van der Waals surface area contributed by atoms with E-state index >= 15 is 0 Å². The zero-order chi connectivity index (χ0) is 23.3. The van der Waals surface area contributed by atoms with Crippen LogP contribution in [0.2, 0.25) is 0 Å². The Kier molecular flexibility index (Phi) is 4.59. The molecule has 5 heteroatoms. The first kappa shape index (κ1) is 20.4. The van der Waals surface area contributed by atoms with Gasteiger partial charge in [0.15, 0.2) is 5.60 Å². The summed E-state index contributed by atoms with van der Waals surface area (Å²) >= 11 is 0. The van der Waals surface area contributed by atoms with Crippen molar-refractivity contribution >= 4 is 22.3 Å². The van der Waals surface area contributed by atoms with Crippen LogP contribution >= 0.6 is 0 Å². The van der Waals surface area contributed by atoms with Crippen molar-refractivity contribution in [3.63, 3.8) is 0 Å². The molecule has 0 spiro atoms. The Labute approximate surface area is 197 Å². The Balaban J connectivity index is 1.73. The van der Waals surface area contributed by atoms with E-state index in [2.05, 4.69) is 6.08 Å². The molecule has 0 saturated carbocycles.